The third-order valence-corrected chi connectivity index (χ3v) is 6.77. The maximum absolute atomic E-state index is 13.3. The van der Waals surface area contributed by atoms with Crippen molar-refractivity contribution in [3.8, 4) is 0 Å². The van der Waals surface area contributed by atoms with Crippen molar-refractivity contribution in [2.45, 2.75) is 24.5 Å². The third kappa shape index (κ3) is 4.75. The number of aliphatic hydroxyl groups is 1. The summed E-state index contributed by atoms with van der Waals surface area (Å²) in [4.78, 5) is 26.2. The van der Waals surface area contributed by atoms with Crippen LogP contribution in [0.1, 0.15) is 34.3 Å². The Balaban J connectivity index is 1.51. The molecule has 3 aromatic carbocycles. The molecule has 2 atom stereocenters. The molecule has 0 aromatic heterocycles. The molecule has 0 bridgehead atoms. The van der Waals surface area contributed by atoms with Crippen molar-refractivity contribution in [2.24, 2.45) is 0 Å². The summed E-state index contributed by atoms with van der Waals surface area (Å²) in [5.41, 5.74) is -0.278. The van der Waals surface area contributed by atoms with Gasteiger partial charge in [-0.05, 0) is 11.1 Å². The molecule has 170 valence electrons. The number of hydrogen-bond acceptors (Lipinski definition) is 4. The number of nitrogens with zero attached hydrogens (tertiary/aromatic N) is 1. The Bertz CT molecular complexity index is 1050. The smallest absolute Gasteiger partial charge is 0.347 e. The first-order chi connectivity index (χ1) is 15.9. The number of likely N-dealkylation sites (N-methyl/N-ethyl adjacent to an activating group) is 1. The van der Waals surface area contributed by atoms with Gasteiger partial charge in [0.1, 0.15) is 19.2 Å². The van der Waals surface area contributed by atoms with E-state index in [0.717, 1.165) is 19.4 Å². The van der Waals surface area contributed by atoms with Crippen molar-refractivity contribution in [2.75, 3.05) is 26.7 Å². The molecule has 33 heavy (non-hydrogen) atoms. The van der Waals surface area contributed by atoms with Crippen LogP contribution in [0, 0.1) is 0 Å². The van der Waals surface area contributed by atoms with Crippen LogP contribution in [-0.2, 0) is 15.1 Å². The molecule has 1 heterocycles. The lowest BCUT2D eigenvalue weighted by Crippen LogP contribution is -2.53. The second-order valence-corrected chi connectivity index (χ2v) is 8.99. The zero-order valence-electron chi connectivity index (χ0n) is 18.9. The Morgan fingerprint density at radius 3 is 1.97 bits per heavy atom. The van der Waals surface area contributed by atoms with E-state index in [2.05, 4.69) is 0 Å². The Labute approximate surface area is 194 Å². The summed E-state index contributed by atoms with van der Waals surface area (Å²) in [5.74, 6) is -0.617. The predicted molar refractivity (Wildman–Crippen MR) is 127 cm³/mol. The van der Waals surface area contributed by atoms with Crippen LogP contribution in [-0.4, -0.2) is 54.1 Å². The standard InChI is InChI=1S/C28H30NO4/c1-29(20-26(30)22-12-5-2-6-13-22)19-11-18-25(29)21-33-27(31)28(32,23-14-7-3-8-15-23)24-16-9-4-10-17-24/h2-10,12-17,25,32H,11,18-21H2,1H3/q+1/t25-,29?/m1/s1. The summed E-state index contributed by atoms with van der Waals surface area (Å²) < 4.78 is 6.29. The van der Waals surface area contributed by atoms with Crippen LogP contribution in [0.4, 0.5) is 0 Å². The predicted octanol–water partition coefficient (Wildman–Crippen LogP) is 3.96. The number of benzene rings is 3. The van der Waals surface area contributed by atoms with Gasteiger partial charge in [-0.1, -0.05) is 91.0 Å². The monoisotopic (exact) mass is 444 g/mol. The molecule has 0 amide bonds. The van der Waals surface area contributed by atoms with Gasteiger partial charge in [-0.3, -0.25) is 4.79 Å². The number of carbonyl (C=O) groups is 2. The number of likely N-dealkylation sites (tertiary alicyclic amines) is 1. The number of rotatable bonds is 8. The zero-order chi connectivity index (χ0) is 23.3. The van der Waals surface area contributed by atoms with Crippen LogP contribution in [0.2, 0.25) is 0 Å². The normalized spacial score (nSPS) is 20.4. The number of Topliss-reactive ketones (excluding diaryl/α,β-unsaturated/α-hetero) is 1. The number of quaternary nitrogens is 1. The average Bonchev–Trinajstić information content (AvgIpc) is 3.23. The molecule has 1 aliphatic heterocycles. The Hall–Kier alpha value is -3.28. The molecule has 0 spiro atoms. The highest BCUT2D eigenvalue weighted by Gasteiger charge is 2.45. The molecule has 1 unspecified atom stereocenters. The quantitative estimate of drug-likeness (QED) is 0.325. The van der Waals surface area contributed by atoms with Crippen molar-refractivity contribution < 1.29 is 23.9 Å². The van der Waals surface area contributed by atoms with Gasteiger partial charge >= 0.3 is 5.97 Å². The van der Waals surface area contributed by atoms with Crippen LogP contribution in [0.25, 0.3) is 0 Å². The molecule has 0 saturated carbocycles. The number of ketones is 1. The van der Waals surface area contributed by atoms with Gasteiger partial charge in [-0.2, -0.15) is 0 Å². The van der Waals surface area contributed by atoms with E-state index in [1.807, 2.05) is 49.5 Å². The molecule has 1 fully saturated rings. The number of esters is 1. The zero-order valence-corrected chi connectivity index (χ0v) is 18.9. The number of ether oxygens (including phenoxy) is 1. The first kappa shape index (κ1) is 22.9. The topological polar surface area (TPSA) is 63.6 Å². The second kappa shape index (κ2) is 9.69. The maximum Gasteiger partial charge on any atom is 0.347 e. The molecule has 4 rings (SSSR count). The summed E-state index contributed by atoms with van der Waals surface area (Å²) in [7, 11) is 2.05. The molecular weight excluding hydrogens is 414 g/mol. The highest BCUT2D eigenvalue weighted by molar-refractivity contribution is 5.97. The van der Waals surface area contributed by atoms with Gasteiger partial charge in [0.05, 0.1) is 13.6 Å². The highest BCUT2D eigenvalue weighted by Crippen LogP contribution is 2.32. The van der Waals surface area contributed by atoms with Crippen molar-refractivity contribution in [1.82, 2.24) is 0 Å². The van der Waals surface area contributed by atoms with Gasteiger partial charge < -0.3 is 14.3 Å². The summed E-state index contributed by atoms with van der Waals surface area (Å²) in [6.45, 7) is 1.36. The van der Waals surface area contributed by atoms with Crippen molar-refractivity contribution in [3.05, 3.63) is 108 Å². The van der Waals surface area contributed by atoms with E-state index in [4.69, 9.17) is 4.74 Å². The first-order valence-corrected chi connectivity index (χ1v) is 11.4. The fourth-order valence-corrected chi connectivity index (χ4v) is 4.73. The minimum Gasteiger partial charge on any atom is -0.457 e. The molecule has 3 aromatic rings. The lowest BCUT2D eigenvalue weighted by Gasteiger charge is -2.36. The molecule has 1 aliphatic rings. The third-order valence-electron chi connectivity index (χ3n) is 6.77. The molecule has 1 saturated heterocycles. The minimum atomic E-state index is -1.90. The van der Waals surface area contributed by atoms with Gasteiger partial charge in [0.2, 0.25) is 11.4 Å². The van der Waals surface area contributed by atoms with Crippen molar-refractivity contribution in [3.63, 3.8) is 0 Å². The van der Waals surface area contributed by atoms with Gasteiger partial charge in [-0.15, -0.1) is 0 Å². The summed E-state index contributed by atoms with van der Waals surface area (Å²) in [6, 6.07) is 27.0. The largest absolute Gasteiger partial charge is 0.457 e. The molecule has 5 heteroatoms. The SMILES string of the molecule is C[N+]1(CC(=O)c2ccccc2)CCC[C@@H]1COC(=O)C(O)(c1ccccc1)c1ccccc1. The van der Waals surface area contributed by atoms with Crippen molar-refractivity contribution in [1.29, 1.82) is 0 Å². The first-order valence-electron chi connectivity index (χ1n) is 11.4. The Morgan fingerprint density at radius 1 is 0.909 bits per heavy atom. The van der Waals surface area contributed by atoms with Crippen LogP contribution < -0.4 is 0 Å². The fraction of sp³-hybridized carbons (Fsp3) is 0.286. The van der Waals surface area contributed by atoms with Gasteiger partial charge in [0.25, 0.3) is 0 Å². The summed E-state index contributed by atoms with van der Waals surface area (Å²) >= 11 is 0. The van der Waals surface area contributed by atoms with Gasteiger partial charge in [-0.25, -0.2) is 4.79 Å². The van der Waals surface area contributed by atoms with E-state index in [0.29, 0.717) is 27.7 Å². The van der Waals surface area contributed by atoms with Gasteiger partial charge in [0.15, 0.2) is 0 Å². The van der Waals surface area contributed by atoms with E-state index in [1.54, 1.807) is 48.5 Å². The number of hydrogen-bond donors (Lipinski definition) is 1. The lowest BCUT2D eigenvalue weighted by molar-refractivity contribution is -0.913. The van der Waals surface area contributed by atoms with Crippen LogP contribution in [0.15, 0.2) is 91.0 Å². The fourth-order valence-electron chi connectivity index (χ4n) is 4.73. The Kier molecular flexibility index (Phi) is 6.72. The maximum atomic E-state index is 13.3. The van der Waals surface area contributed by atoms with Gasteiger partial charge in [0, 0.05) is 18.4 Å². The summed E-state index contributed by atoms with van der Waals surface area (Å²) in [6.07, 6.45) is 1.82. The second-order valence-electron chi connectivity index (χ2n) is 8.99. The molecular formula is C28H30NO4+. The minimum absolute atomic E-state index is 0.00240. The molecule has 0 aliphatic carbocycles. The summed E-state index contributed by atoms with van der Waals surface area (Å²) in [5, 5.41) is 11.6. The van der Waals surface area contributed by atoms with E-state index < -0.39 is 11.6 Å². The Morgan fingerprint density at radius 2 is 1.42 bits per heavy atom. The van der Waals surface area contributed by atoms with E-state index in [-0.39, 0.29) is 18.4 Å². The van der Waals surface area contributed by atoms with Crippen LogP contribution in [0.3, 0.4) is 0 Å². The van der Waals surface area contributed by atoms with E-state index >= 15 is 0 Å². The molecule has 5 nitrogen and oxygen atoms in total. The van der Waals surface area contributed by atoms with Crippen LogP contribution in [0.5, 0.6) is 0 Å². The van der Waals surface area contributed by atoms with E-state index in [1.165, 1.54) is 0 Å². The lowest BCUT2D eigenvalue weighted by atomic mass is 9.86. The highest BCUT2D eigenvalue weighted by atomic mass is 16.6. The number of carbonyl (C=O) groups excluding carboxylic acids is 2. The molecule has 1 N–H and O–H groups in total. The van der Waals surface area contributed by atoms with Crippen LogP contribution >= 0.6 is 0 Å². The molecule has 0 radical (unpaired) electrons. The average molecular weight is 445 g/mol. The van der Waals surface area contributed by atoms with E-state index in [9.17, 15) is 14.7 Å². The van der Waals surface area contributed by atoms with Crippen molar-refractivity contribution >= 4 is 11.8 Å².